The molecule has 0 aliphatic carbocycles. The first-order valence-corrected chi connectivity index (χ1v) is 11.2. The SMILES string of the molecule is O=C(/C=C/c1ccccc1[N+](=O)[O-])OCC(=O)N(Cc1cccs1)c1ccc2c(c1)OCCO2. The summed E-state index contributed by atoms with van der Waals surface area (Å²) < 4.78 is 16.3. The lowest BCUT2D eigenvalue weighted by molar-refractivity contribution is -0.385. The lowest BCUT2D eigenvalue weighted by atomic mass is 10.1. The molecule has 0 saturated heterocycles. The number of carbonyl (C=O) groups is 2. The van der Waals surface area contributed by atoms with Crippen LogP contribution in [0.25, 0.3) is 6.08 Å². The number of nitro benzene ring substituents is 1. The molecule has 0 N–H and O–H groups in total. The molecule has 4 rings (SSSR count). The van der Waals surface area contributed by atoms with E-state index in [-0.39, 0.29) is 11.3 Å². The van der Waals surface area contributed by atoms with E-state index in [9.17, 15) is 19.7 Å². The lowest BCUT2D eigenvalue weighted by Crippen LogP contribution is -2.34. The first-order chi connectivity index (χ1) is 16.5. The minimum atomic E-state index is -0.787. The Morgan fingerprint density at radius 2 is 1.88 bits per heavy atom. The molecule has 0 radical (unpaired) electrons. The molecule has 1 amide bonds. The highest BCUT2D eigenvalue weighted by Crippen LogP contribution is 2.34. The van der Waals surface area contributed by atoms with Crippen molar-refractivity contribution in [1.29, 1.82) is 0 Å². The molecule has 0 fully saturated rings. The molecule has 2 heterocycles. The number of carbonyl (C=O) groups excluding carboxylic acids is 2. The van der Waals surface area contributed by atoms with Crippen LogP contribution < -0.4 is 14.4 Å². The number of ether oxygens (including phenoxy) is 3. The van der Waals surface area contributed by atoms with E-state index in [1.165, 1.54) is 40.5 Å². The zero-order valence-electron chi connectivity index (χ0n) is 17.9. The zero-order valence-corrected chi connectivity index (χ0v) is 18.7. The van der Waals surface area contributed by atoms with Gasteiger partial charge in [-0.1, -0.05) is 18.2 Å². The van der Waals surface area contributed by atoms with E-state index in [1.807, 2.05) is 17.5 Å². The van der Waals surface area contributed by atoms with Crippen molar-refractivity contribution >= 4 is 40.7 Å². The van der Waals surface area contributed by atoms with Crippen LogP contribution in [0.1, 0.15) is 10.4 Å². The Labute approximate surface area is 198 Å². The van der Waals surface area contributed by atoms with Gasteiger partial charge >= 0.3 is 5.97 Å². The number of hydrogen-bond acceptors (Lipinski definition) is 8. The third-order valence-corrected chi connectivity index (χ3v) is 5.76. The van der Waals surface area contributed by atoms with E-state index >= 15 is 0 Å². The summed E-state index contributed by atoms with van der Waals surface area (Å²) in [4.78, 5) is 38.2. The summed E-state index contributed by atoms with van der Waals surface area (Å²) >= 11 is 1.50. The maximum Gasteiger partial charge on any atom is 0.331 e. The van der Waals surface area contributed by atoms with Gasteiger partial charge in [-0.25, -0.2) is 4.79 Å². The van der Waals surface area contributed by atoms with Crippen molar-refractivity contribution in [1.82, 2.24) is 0 Å². The Morgan fingerprint density at radius 1 is 1.09 bits per heavy atom. The summed E-state index contributed by atoms with van der Waals surface area (Å²) in [6, 6.07) is 15.0. The van der Waals surface area contributed by atoms with E-state index in [1.54, 1.807) is 24.3 Å². The van der Waals surface area contributed by atoms with Gasteiger partial charge in [0.15, 0.2) is 18.1 Å². The second-order valence-corrected chi connectivity index (χ2v) is 8.18. The molecule has 2 aromatic carbocycles. The first-order valence-electron chi connectivity index (χ1n) is 10.3. The molecular weight excluding hydrogens is 460 g/mol. The van der Waals surface area contributed by atoms with Crippen molar-refractivity contribution in [3.8, 4) is 11.5 Å². The smallest absolute Gasteiger partial charge is 0.331 e. The van der Waals surface area contributed by atoms with Gasteiger partial charge in [0.05, 0.1) is 17.0 Å². The standard InChI is InChI=1S/C24H20N2O7S/c27-23(16-33-24(28)10-7-17-4-1-2-6-20(17)26(29)30)25(15-19-5-3-13-34-19)18-8-9-21-22(14-18)32-12-11-31-21/h1-10,13-14H,11-12,15-16H2/b10-7+. The third-order valence-electron chi connectivity index (χ3n) is 4.90. The number of benzene rings is 2. The van der Waals surface area contributed by atoms with Crippen molar-refractivity contribution in [2.75, 3.05) is 24.7 Å². The van der Waals surface area contributed by atoms with E-state index < -0.39 is 23.4 Å². The molecule has 0 bridgehead atoms. The molecule has 0 unspecified atom stereocenters. The zero-order chi connectivity index (χ0) is 23.9. The van der Waals surface area contributed by atoms with E-state index in [4.69, 9.17) is 14.2 Å². The number of anilines is 1. The highest BCUT2D eigenvalue weighted by atomic mass is 32.1. The average molecular weight is 480 g/mol. The molecule has 1 aliphatic heterocycles. The topological polar surface area (TPSA) is 108 Å². The molecule has 174 valence electrons. The summed E-state index contributed by atoms with van der Waals surface area (Å²) in [5, 5.41) is 13.0. The molecular formula is C24H20N2O7S. The molecule has 1 aliphatic rings. The van der Waals surface area contributed by atoms with Gasteiger partial charge in [-0.3, -0.25) is 14.9 Å². The average Bonchev–Trinajstić information content (AvgIpc) is 3.38. The number of para-hydroxylation sites is 1. The summed E-state index contributed by atoms with van der Waals surface area (Å²) in [5.74, 6) is -0.0792. The number of thiophene rings is 1. The maximum absolute atomic E-state index is 13.0. The molecule has 34 heavy (non-hydrogen) atoms. The Morgan fingerprint density at radius 3 is 2.65 bits per heavy atom. The van der Waals surface area contributed by atoms with Crippen molar-refractivity contribution in [2.24, 2.45) is 0 Å². The molecule has 0 saturated carbocycles. The molecule has 10 heteroatoms. The summed E-state index contributed by atoms with van der Waals surface area (Å²) in [7, 11) is 0. The molecule has 0 atom stereocenters. The van der Waals surface area contributed by atoms with Gasteiger partial charge in [0.1, 0.15) is 13.2 Å². The van der Waals surface area contributed by atoms with Crippen molar-refractivity contribution in [3.63, 3.8) is 0 Å². The number of hydrogen-bond donors (Lipinski definition) is 0. The number of amides is 1. The van der Waals surface area contributed by atoms with Crippen LogP contribution in [0.15, 0.2) is 66.1 Å². The fraction of sp³-hybridized carbons (Fsp3) is 0.167. The Hall–Kier alpha value is -4.18. The number of rotatable bonds is 8. The number of fused-ring (bicyclic) bond motifs is 1. The minimum absolute atomic E-state index is 0.136. The van der Waals surface area contributed by atoms with Crippen LogP contribution in [0.5, 0.6) is 11.5 Å². The predicted molar refractivity (Wildman–Crippen MR) is 126 cm³/mol. The van der Waals surface area contributed by atoms with Crippen LogP contribution in [-0.4, -0.2) is 36.6 Å². The van der Waals surface area contributed by atoms with Gasteiger partial charge < -0.3 is 19.1 Å². The van der Waals surface area contributed by atoms with Gasteiger partial charge in [0.2, 0.25) is 0 Å². The highest BCUT2D eigenvalue weighted by molar-refractivity contribution is 7.09. The highest BCUT2D eigenvalue weighted by Gasteiger charge is 2.21. The van der Waals surface area contributed by atoms with Crippen molar-refractivity contribution < 1.29 is 28.7 Å². The van der Waals surface area contributed by atoms with E-state index in [0.717, 1.165) is 11.0 Å². The summed E-state index contributed by atoms with van der Waals surface area (Å²) in [6.07, 6.45) is 2.35. The first kappa shape index (κ1) is 23.0. The molecule has 1 aromatic heterocycles. The van der Waals surface area contributed by atoms with Gasteiger partial charge in [0.25, 0.3) is 11.6 Å². The second-order valence-electron chi connectivity index (χ2n) is 7.14. The minimum Gasteiger partial charge on any atom is -0.486 e. The molecule has 9 nitrogen and oxygen atoms in total. The Bertz CT molecular complexity index is 1220. The van der Waals surface area contributed by atoms with Crippen LogP contribution >= 0.6 is 11.3 Å². The second kappa shape index (κ2) is 10.6. The maximum atomic E-state index is 13.0. The van der Waals surface area contributed by atoms with Crippen molar-refractivity contribution in [2.45, 2.75) is 6.54 Å². The fourth-order valence-corrected chi connectivity index (χ4v) is 3.99. The Balaban J connectivity index is 1.46. The van der Waals surface area contributed by atoms with Crippen LogP contribution in [-0.2, 0) is 20.9 Å². The monoisotopic (exact) mass is 480 g/mol. The van der Waals surface area contributed by atoms with Gasteiger partial charge in [-0.15, -0.1) is 11.3 Å². The van der Waals surface area contributed by atoms with Crippen LogP contribution in [0.2, 0.25) is 0 Å². The molecule has 3 aromatic rings. The van der Waals surface area contributed by atoms with E-state index in [0.29, 0.717) is 36.9 Å². The van der Waals surface area contributed by atoms with Gasteiger partial charge in [-0.05, 0) is 35.7 Å². The van der Waals surface area contributed by atoms with Gasteiger partial charge in [0, 0.05) is 28.8 Å². The summed E-state index contributed by atoms with van der Waals surface area (Å²) in [5.41, 5.74) is 0.698. The lowest BCUT2D eigenvalue weighted by Gasteiger charge is -2.25. The van der Waals surface area contributed by atoms with E-state index in [2.05, 4.69) is 0 Å². The number of nitro groups is 1. The fourth-order valence-electron chi connectivity index (χ4n) is 3.29. The number of nitrogens with zero attached hydrogens (tertiary/aromatic N) is 2. The molecule has 0 spiro atoms. The normalized spacial score (nSPS) is 12.4. The van der Waals surface area contributed by atoms with Gasteiger partial charge in [-0.2, -0.15) is 0 Å². The van der Waals surface area contributed by atoms with Crippen LogP contribution in [0, 0.1) is 10.1 Å². The quantitative estimate of drug-likeness (QED) is 0.206. The third kappa shape index (κ3) is 5.59. The number of esters is 1. The van der Waals surface area contributed by atoms with Crippen molar-refractivity contribution in [3.05, 3.63) is 86.6 Å². The predicted octanol–water partition coefficient (Wildman–Crippen LogP) is 4.22. The Kier molecular flexibility index (Phi) is 7.19. The largest absolute Gasteiger partial charge is 0.486 e. The summed E-state index contributed by atoms with van der Waals surface area (Å²) in [6.45, 7) is 0.665. The van der Waals surface area contributed by atoms with Crippen LogP contribution in [0.4, 0.5) is 11.4 Å². The van der Waals surface area contributed by atoms with Crippen LogP contribution in [0.3, 0.4) is 0 Å².